The van der Waals surface area contributed by atoms with Crippen LogP contribution in [-0.4, -0.2) is 45.6 Å². The number of nitrogens with zero attached hydrogens (tertiary/aromatic N) is 3. The first-order valence-electron chi connectivity index (χ1n) is 11.4. The summed E-state index contributed by atoms with van der Waals surface area (Å²) in [7, 11) is 0. The van der Waals surface area contributed by atoms with Crippen LogP contribution < -0.4 is 10.9 Å². The van der Waals surface area contributed by atoms with Crippen molar-refractivity contribution in [2.45, 2.75) is 66.0 Å². The Morgan fingerprint density at radius 1 is 1.10 bits per heavy atom. The summed E-state index contributed by atoms with van der Waals surface area (Å²) in [6, 6.07) is 7.13. The maximum absolute atomic E-state index is 13.1. The minimum atomic E-state index is -0.265. The summed E-state index contributed by atoms with van der Waals surface area (Å²) < 4.78 is 1.40. The first kappa shape index (κ1) is 23.0. The third-order valence-corrected chi connectivity index (χ3v) is 6.10. The quantitative estimate of drug-likeness (QED) is 0.737. The van der Waals surface area contributed by atoms with E-state index in [0.29, 0.717) is 30.4 Å². The molecule has 2 heterocycles. The highest BCUT2D eigenvalue weighted by Gasteiger charge is 2.28. The average molecular weight is 427 g/mol. The third-order valence-electron chi connectivity index (χ3n) is 6.10. The molecular weight excluding hydrogens is 392 g/mol. The largest absolute Gasteiger partial charge is 0.348 e. The van der Waals surface area contributed by atoms with Gasteiger partial charge in [-0.3, -0.25) is 14.4 Å². The van der Waals surface area contributed by atoms with Crippen LogP contribution in [0.3, 0.4) is 0 Å². The van der Waals surface area contributed by atoms with Crippen LogP contribution in [0.2, 0.25) is 0 Å². The summed E-state index contributed by atoms with van der Waals surface area (Å²) in [5, 5.41) is 8.59. The molecule has 1 aromatic heterocycles. The number of hydrogen-bond acceptors (Lipinski definition) is 4. The van der Waals surface area contributed by atoms with E-state index >= 15 is 0 Å². The summed E-state index contributed by atoms with van der Waals surface area (Å²) >= 11 is 0. The maximum Gasteiger partial charge on any atom is 0.274 e. The summed E-state index contributed by atoms with van der Waals surface area (Å²) in [6.07, 6.45) is 3.16. The van der Waals surface area contributed by atoms with Crippen LogP contribution in [0.4, 0.5) is 0 Å². The molecule has 7 heteroatoms. The van der Waals surface area contributed by atoms with Crippen LogP contribution in [-0.2, 0) is 11.3 Å². The van der Waals surface area contributed by atoms with Crippen LogP contribution in [0, 0.1) is 11.8 Å². The van der Waals surface area contributed by atoms with Gasteiger partial charge in [0.1, 0.15) is 0 Å². The lowest BCUT2D eigenvalue weighted by molar-refractivity contribution is -0.136. The zero-order valence-electron chi connectivity index (χ0n) is 19.1. The highest BCUT2D eigenvalue weighted by atomic mass is 16.2. The van der Waals surface area contributed by atoms with Crippen LogP contribution in [0.15, 0.2) is 29.1 Å². The molecule has 0 unspecified atom stereocenters. The Morgan fingerprint density at radius 2 is 1.71 bits per heavy atom. The fraction of sp³-hybridized carbons (Fsp3) is 0.583. The number of fused-ring (bicyclic) bond motifs is 1. The fourth-order valence-electron chi connectivity index (χ4n) is 4.27. The molecule has 1 fully saturated rings. The number of piperidine rings is 1. The van der Waals surface area contributed by atoms with Crippen molar-refractivity contribution >= 4 is 22.6 Å². The Morgan fingerprint density at radius 3 is 2.29 bits per heavy atom. The van der Waals surface area contributed by atoms with E-state index in [1.807, 2.05) is 24.8 Å². The van der Waals surface area contributed by atoms with Gasteiger partial charge in [-0.1, -0.05) is 45.9 Å². The molecule has 0 saturated carbocycles. The van der Waals surface area contributed by atoms with Crippen LogP contribution in [0.5, 0.6) is 0 Å². The zero-order valence-corrected chi connectivity index (χ0v) is 19.1. The molecule has 1 N–H and O–H groups in total. The second kappa shape index (κ2) is 10.1. The van der Waals surface area contributed by atoms with Gasteiger partial charge in [0.15, 0.2) is 5.69 Å². The van der Waals surface area contributed by atoms with E-state index in [1.54, 1.807) is 18.2 Å². The fourth-order valence-corrected chi connectivity index (χ4v) is 4.27. The Bertz CT molecular complexity index is 986. The van der Waals surface area contributed by atoms with Gasteiger partial charge in [0, 0.05) is 37.0 Å². The average Bonchev–Trinajstić information content (AvgIpc) is 2.76. The number of benzene rings is 1. The lowest BCUT2D eigenvalue weighted by Crippen LogP contribution is -2.48. The van der Waals surface area contributed by atoms with Crippen molar-refractivity contribution in [1.82, 2.24) is 20.0 Å². The molecule has 0 atom stereocenters. The Labute approximate surface area is 183 Å². The number of nitrogens with one attached hydrogen (secondary N) is 1. The first-order chi connectivity index (χ1) is 14.8. The molecule has 31 heavy (non-hydrogen) atoms. The third kappa shape index (κ3) is 5.14. The van der Waals surface area contributed by atoms with Gasteiger partial charge in [-0.15, -0.1) is 0 Å². The molecule has 3 rings (SSSR count). The highest BCUT2D eigenvalue weighted by Crippen LogP contribution is 2.19. The van der Waals surface area contributed by atoms with Crippen molar-refractivity contribution < 1.29 is 9.59 Å². The minimum absolute atomic E-state index is 0.00991. The van der Waals surface area contributed by atoms with Gasteiger partial charge >= 0.3 is 0 Å². The van der Waals surface area contributed by atoms with Crippen LogP contribution >= 0.6 is 0 Å². The van der Waals surface area contributed by atoms with Crippen molar-refractivity contribution in [3.8, 4) is 0 Å². The molecule has 168 valence electrons. The number of likely N-dealkylation sites (tertiary alicyclic amines) is 1. The van der Waals surface area contributed by atoms with E-state index in [9.17, 15) is 14.4 Å². The molecular formula is C24H34N4O3. The lowest BCUT2D eigenvalue weighted by atomic mass is 9.98. The van der Waals surface area contributed by atoms with Gasteiger partial charge in [-0.2, -0.15) is 5.10 Å². The molecule has 1 aromatic carbocycles. The molecule has 0 spiro atoms. The standard InChI is InChI=1S/C24H34N4O3/c1-5-17(6-2)23(30)27-13-11-18(12-14-27)25-22(29)21-19-9-7-8-10-20(19)24(31)28(26-21)15-16(3)4/h7-10,16-18H,5-6,11-15H2,1-4H3,(H,25,29). The Balaban J connectivity index is 1.75. The van der Waals surface area contributed by atoms with E-state index in [4.69, 9.17) is 0 Å². The normalized spacial score (nSPS) is 15.1. The smallest absolute Gasteiger partial charge is 0.274 e. The summed E-state index contributed by atoms with van der Waals surface area (Å²) in [5.74, 6) is 0.282. The second-order valence-electron chi connectivity index (χ2n) is 8.86. The van der Waals surface area contributed by atoms with Crippen LogP contribution in [0.25, 0.3) is 10.8 Å². The second-order valence-corrected chi connectivity index (χ2v) is 8.86. The number of hydrogen-bond donors (Lipinski definition) is 1. The SMILES string of the molecule is CCC(CC)C(=O)N1CCC(NC(=O)c2nn(CC(C)C)c(=O)c3ccccc23)CC1. The first-order valence-corrected chi connectivity index (χ1v) is 11.4. The van der Waals surface area contributed by atoms with Gasteiger partial charge in [-0.25, -0.2) is 4.68 Å². The highest BCUT2D eigenvalue weighted by molar-refractivity contribution is 6.04. The molecule has 2 aromatic rings. The predicted octanol–water partition coefficient (Wildman–Crippen LogP) is 3.21. The van der Waals surface area contributed by atoms with E-state index in [-0.39, 0.29) is 40.9 Å². The van der Waals surface area contributed by atoms with E-state index in [0.717, 1.165) is 25.7 Å². The van der Waals surface area contributed by atoms with Gasteiger partial charge in [0.2, 0.25) is 5.91 Å². The Hall–Kier alpha value is -2.70. The topological polar surface area (TPSA) is 84.3 Å². The van der Waals surface area contributed by atoms with Crippen molar-refractivity contribution in [2.75, 3.05) is 13.1 Å². The minimum Gasteiger partial charge on any atom is -0.348 e. The van der Waals surface area contributed by atoms with Crippen LogP contribution in [0.1, 0.15) is 63.9 Å². The molecule has 0 aliphatic carbocycles. The van der Waals surface area contributed by atoms with Gasteiger partial charge in [0.25, 0.3) is 11.5 Å². The lowest BCUT2D eigenvalue weighted by Gasteiger charge is -2.34. The monoisotopic (exact) mass is 426 g/mol. The molecule has 2 amide bonds. The molecule has 1 aliphatic heterocycles. The number of rotatable bonds is 7. The number of amides is 2. The Kier molecular flexibility index (Phi) is 7.46. The van der Waals surface area contributed by atoms with E-state index in [1.165, 1.54) is 4.68 Å². The molecule has 0 radical (unpaired) electrons. The summed E-state index contributed by atoms with van der Waals surface area (Å²) in [4.78, 5) is 40.4. The van der Waals surface area contributed by atoms with Crippen molar-refractivity contribution in [3.05, 3.63) is 40.3 Å². The maximum atomic E-state index is 13.1. The summed E-state index contributed by atoms with van der Waals surface area (Å²) in [5.41, 5.74) is 0.112. The zero-order chi connectivity index (χ0) is 22.5. The number of aromatic nitrogens is 2. The molecule has 7 nitrogen and oxygen atoms in total. The van der Waals surface area contributed by atoms with Gasteiger partial charge < -0.3 is 10.2 Å². The summed E-state index contributed by atoms with van der Waals surface area (Å²) in [6.45, 7) is 9.90. The van der Waals surface area contributed by atoms with Gasteiger partial charge in [-0.05, 0) is 37.7 Å². The van der Waals surface area contributed by atoms with Gasteiger partial charge in [0.05, 0.1) is 5.39 Å². The van der Waals surface area contributed by atoms with Crippen molar-refractivity contribution in [1.29, 1.82) is 0 Å². The number of carbonyl (C=O) groups excluding carboxylic acids is 2. The van der Waals surface area contributed by atoms with Crippen molar-refractivity contribution in [3.63, 3.8) is 0 Å². The molecule has 1 aliphatic rings. The van der Waals surface area contributed by atoms with E-state index in [2.05, 4.69) is 24.3 Å². The van der Waals surface area contributed by atoms with E-state index < -0.39 is 0 Å². The predicted molar refractivity (Wildman–Crippen MR) is 122 cm³/mol. The number of carbonyl (C=O) groups is 2. The van der Waals surface area contributed by atoms with Crippen molar-refractivity contribution in [2.24, 2.45) is 11.8 Å². The molecule has 0 bridgehead atoms. The molecule has 1 saturated heterocycles.